The molecule has 0 atom stereocenters. The Morgan fingerprint density at radius 2 is 1.14 bits per heavy atom. The highest BCUT2D eigenvalue weighted by atomic mass is 16.5. The van der Waals surface area contributed by atoms with Crippen LogP contribution in [0.1, 0.15) is 64.7 Å². The molecule has 2 rings (SSSR count). The van der Waals surface area contributed by atoms with Crippen LogP contribution in [0.3, 0.4) is 0 Å². The van der Waals surface area contributed by atoms with Crippen molar-refractivity contribution >= 4 is 17.1 Å². The summed E-state index contributed by atoms with van der Waals surface area (Å²) in [5, 5.41) is 8.60. The number of hydrogen-bond acceptors (Lipinski definition) is 4. The second-order valence-electron chi connectivity index (χ2n) is 7.78. The third-order valence-corrected chi connectivity index (χ3v) is 5.00. The van der Waals surface area contributed by atoms with Gasteiger partial charge < -0.3 is 9.64 Å². The van der Waals surface area contributed by atoms with Crippen molar-refractivity contribution in [2.45, 2.75) is 64.7 Å². The first-order chi connectivity index (χ1) is 14.2. The first-order valence-corrected chi connectivity index (χ1v) is 11.1. The van der Waals surface area contributed by atoms with Crippen LogP contribution in [-0.2, 0) is 0 Å². The van der Waals surface area contributed by atoms with Crippen LogP contribution < -0.4 is 9.64 Å². The minimum Gasteiger partial charge on any atom is -0.494 e. The maximum atomic E-state index is 5.84. The van der Waals surface area contributed by atoms with Gasteiger partial charge in [0.15, 0.2) is 0 Å². The van der Waals surface area contributed by atoms with E-state index in [2.05, 4.69) is 22.1 Å². The van der Waals surface area contributed by atoms with Crippen molar-refractivity contribution in [2.24, 2.45) is 10.2 Å². The van der Waals surface area contributed by atoms with Crippen LogP contribution in [0.2, 0.25) is 0 Å². The van der Waals surface area contributed by atoms with Crippen molar-refractivity contribution in [1.29, 1.82) is 0 Å². The molecule has 0 aliphatic carbocycles. The van der Waals surface area contributed by atoms with Gasteiger partial charge in [-0.05, 0) is 55.0 Å². The van der Waals surface area contributed by atoms with Crippen molar-refractivity contribution in [1.82, 2.24) is 0 Å². The molecule has 0 saturated carbocycles. The van der Waals surface area contributed by atoms with E-state index in [1.165, 1.54) is 51.4 Å². The van der Waals surface area contributed by atoms with E-state index < -0.39 is 0 Å². The molecule has 0 bridgehead atoms. The minimum absolute atomic E-state index is 0.787. The number of ether oxygens (including phenoxy) is 1. The van der Waals surface area contributed by atoms with E-state index in [-0.39, 0.29) is 0 Å². The molecule has 0 aromatic heterocycles. The maximum absolute atomic E-state index is 5.84. The Kier molecular flexibility index (Phi) is 10.9. The fourth-order valence-electron chi connectivity index (χ4n) is 3.14. The molecule has 0 unspecified atom stereocenters. The minimum atomic E-state index is 0.787. The van der Waals surface area contributed by atoms with Gasteiger partial charge in [-0.15, -0.1) is 0 Å². The largest absolute Gasteiger partial charge is 0.494 e. The van der Waals surface area contributed by atoms with Crippen LogP contribution >= 0.6 is 0 Å². The third-order valence-electron chi connectivity index (χ3n) is 5.00. The van der Waals surface area contributed by atoms with Gasteiger partial charge in [0.05, 0.1) is 18.0 Å². The van der Waals surface area contributed by atoms with Crippen LogP contribution in [0.15, 0.2) is 58.8 Å². The molecule has 0 spiro atoms. The lowest BCUT2D eigenvalue weighted by molar-refractivity contribution is 0.304. The van der Waals surface area contributed by atoms with Crippen molar-refractivity contribution in [3.8, 4) is 5.75 Å². The topological polar surface area (TPSA) is 37.2 Å². The Morgan fingerprint density at radius 1 is 0.655 bits per heavy atom. The number of azo groups is 1. The molecular formula is C25H37N3O. The lowest BCUT2D eigenvalue weighted by Crippen LogP contribution is -2.07. The molecule has 0 aliphatic rings. The number of hydrogen-bond donors (Lipinski definition) is 0. The first-order valence-electron chi connectivity index (χ1n) is 11.1. The lowest BCUT2D eigenvalue weighted by atomic mass is 10.1. The zero-order valence-electron chi connectivity index (χ0n) is 18.4. The normalized spacial score (nSPS) is 11.1. The van der Waals surface area contributed by atoms with Gasteiger partial charge in [0.25, 0.3) is 0 Å². The molecule has 0 saturated heterocycles. The summed E-state index contributed by atoms with van der Waals surface area (Å²) < 4.78 is 5.84. The van der Waals surface area contributed by atoms with Gasteiger partial charge in [0, 0.05) is 19.8 Å². The fraction of sp³-hybridized carbons (Fsp3) is 0.520. The van der Waals surface area contributed by atoms with Crippen molar-refractivity contribution < 1.29 is 4.74 Å². The molecule has 158 valence electrons. The molecule has 4 nitrogen and oxygen atoms in total. The molecular weight excluding hydrogens is 358 g/mol. The highest BCUT2D eigenvalue weighted by Crippen LogP contribution is 2.23. The molecule has 0 fully saturated rings. The Bertz CT molecular complexity index is 693. The summed E-state index contributed by atoms with van der Waals surface area (Å²) in [6.07, 6.45) is 12.0. The second-order valence-corrected chi connectivity index (χ2v) is 7.78. The molecule has 2 aromatic carbocycles. The maximum Gasteiger partial charge on any atom is 0.119 e. The average molecular weight is 396 g/mol. The second kappa shape index (κ2) is 13.8. The average Bonchev–Trinajstić information content (AvgIpc) is 2.74. The summed E-state index contributed by atoms with van der Waals surface area (Å²) >= 11 is 0. The molecule has 0 aliphatic heterocycles. The Hall–Kier alpha value is -2.36. The van der Waals surface area contributed by atoms with Gasteiger partial charge in [-0.25, -0.2) is 0 Å². The van der Waals surface area contributed by atoms with E-state index in [4.69, 9.17) is 4.74 Å². The number of anilines is 1. The molecule has 0 radical (unpaired) electrons. The molecule has 0 heterocycles. The number of rotatable bonds is 14. The monoisotopic (exact) mass is 395 g/mol. The van der Waals surface area contributed by atoms with E-state index in [1.807, 2.05) is 62.6 Å². The molecule has 29 heavy (non-hydrogen) atoms. The van der Waals surface area contributed by atoms with E-state index in [0.717, 1.165) is 35.8 Å². The van der Waals surface area contributed by atoms with Crippen LogP contribution in [0.4, 0.5) is 17.1 Å². The van der Waals surface area contributed by atoms with Crippen molar-refractivity contribution in [3.63, 3.8) is 0 Å². The zero-order valence-corrected chi connectivity index (χ0v) is 18.4. The summed E-state index contributed by atoms with van der Waals surface area (Å²) in [6.45, 7) is 3.05. The summed E-state index contributed by atoms with van der Waals surface area (Å²) in [6, 6.07) is 15.9. The van der Waals surface area contributed by atoms with Crippen LogP contribution in [-0.4, -0.2) is 20.7 Å². The predicted molar refractivity (Wildman–Crippen MR) is 124 cm³/mol. The Morgan fingerprint density at radius 3 is 1.66 bits per heavy atom. The van der Waals surface area contributed by atoms with Gasteiger partial charge in [-0.2, -0.15) is 10.2 Å². The highest BCUT2D eigenvalue weighted by molar-refractivity contribution is 5.52. The standard InChI is InChI=1S/C25H37N3O/c1-4-5-6-7-8-9-10-11-12-21-29-25-19-15-23(16-20-25)27-26-22-13-17-24(18-14-22)28(2)3/h13-20H,4-12,21H2,1-3H3. The summed E-state index contributed by atoms with van der Waals surface area (Å²) in [5.41, 5.74) is 2.83. The number of unbranched alkanes of at least 4 members (excludes halogenated alkanes) is 8. The summed E-state index contributed by atoms with van der Waals surface area (Å²) in [4.78, 5) is 2.06. The van der Waals surface area contributed by atoms with Crippen molar-refractivity contribution in [2.75, 3.05) is 25.6 Å². The number of benzene rings is 2. The molecule has 4 heteroatoms. The molecule has 2 aromatic rings. The van der Waals surface area contributed by atoms with E-state index in [0.29, 0.717) is 0 Å². The van der Waals surface area contributed by atoms with Crippen LogP contribution in [0.5, 0.6) is 5.75 Å². The van der Waals surface area contributed by atoms with E-state index >= 15 is 0 Å². The Labute approximate surface area is 177 Å². The quantitative estimate of drug-likeness (QED) is 0.239. The van der Waals surface area contributed by atoms with Gasteiger partial charge >= 0.3 is 0 Å². The van der Waals surface area contributed by atoms with Gasteiger partial charge in [-0.3, -0.25) is 0 Å². The van der Waals surface area contributed by atoms with Crippen molar-refractivity contribution in [3.05, 3.63) is 48.5 Å². The van der Waals surface area contributed by atoms with Crippen LogP contribution in [0, 0.1) is 0 Å². The predicted octanol–water partition coefficient (Wildman–Crippen LogP) is 8.08. The van der Waals surface area contributed by atoms with E-state index in [1.54, 1.807) is 0 Å². The smallest absolute Gasteiger partial charge is 0.119 e. The Balaban J connectivity index is 1.62. The van der Waals surface area contributed by atoms with Gasteiger partial charge in [0.2, 0.25) is 0 Å². The lowest BCUT2D eigenvalue weighted by Gasteiger charge is -2.11. The fourth-order valence-corrected chi connectivity index (χ4v) is 3.14. The molecule has 0 N–H and O–H groups in total. The highest BCUT2D eigenvalue weighted by Gasteiger charge is 1.98. The summed E-state index contributed by atoms with van der Waals surface area (Å²) in [7, 11) is 4.05. The van der Waals surface area contributed by atoms with Gasteiger partial charge in [0.1, 0.15) is 5.75 Å². The number of nitrogens with zero attached hydrogens (tertiary/aromatic N) is 3. The zero-order chi connectivity index (χ0) is 20.7. The van der Waals surface area contributed by atoms with Gasteiger partial charge in [-0.1, -0.05) is 58.3 Å². The first kappa shape index (κ1) is 22.9. The molecule has 0 amide bonds. The van der Waals surface area contributed by atoms with E-state index in [9.17, 15) is 0 Å². The third kappa shape index (κ3) is 9.60. The van der Waals surface area contributed by atoms with Crippen LogP contribution in [0.25, 0.3) is 0 Å². The summed E-state index contributed by atoms with van der Waals surface area (Å²) in [5.74, 6) is 0.902. The SMILES string of the molecule is CCCCCCCCCCCOc1ccc(N=Nc2ccc(N(C)C)cc2)cc1.